The first-order valence-electron chi connectivity index (χ1n) is 8.19. The van der Waals surface area contributed by atoms with Crippen LogP contribution in [0, 0.1) is 0 Å². The number of benzene rings is 1. The average Bonchev–Trinajstić information content (AvgIpc) is 2.63. The van der Waals surface area contributed by atoms with Gasteiger partial charge < -0.3 is 15.0 Å². The van der Waals surface area contributed by atoms with Gasteiger partial charge in [-0.25, -0.2) is 4.39 Å². The standard InChI is InChI=1S/C18H18ClFN2O5/c1-2-14(17(26)21-13(8-16(24)25)15(23)9-20)22-6-5-10-3-4-11(19)7-12(10)18(22)27/h3-7,13-14H,2,8-9H2,1H3,(H,21,26)(H,24,25)/t13?,14-/m0/s1. The average molecular weight is 397 g/mol. The van der Waals surface area contributed by atoms with Gasteiger partial charge in [-0.05, 0) is 30.0 Å². The molecule has 9 heteroatoms. The molecule has 144 valence electrons. The third kappa shape index (κ3) is 4.71. The molecule has 0 aliphatic carbocycles. The van der Waals surface area contributed by atoms with Gasteiger partial charge in [0.1, 0.15) is 18.8 Å². The fourth-order valence-corrected chi connectivity index (χ4v) is 2.93. The molecule has 0 fully saturated rings. The van der Waals surface area contributed by atoms with E-state index in [-0.39, 0.29) is 6.42 Å². The lowest BCUT2D eigenvalue weighted by atomic mass is 10.1. The molecular formula is C18H18ClFN2O5. The predicted molar refractivity (Wildman–Crippen MR) is 97.7 cm³/mol. The number of fused-ring (bicyclic) bond motifs is 1. The number of carbonyl (C=O) groups excluding carboxylic acids is 2. The Labute approximate surface area is 158 Å². The number of alkyl halides is 1. The largest absolute Gasteiger partial charge is 0.481 e. The van der Waals surface area contributed by atoms with Crippen molar-refractivity contribution in [2.24, 2.45) is 0 Å². The van der Waals surface area contributed by atoms with Crippen molar-refractivity contribution in [3.8, 4) is 0 Å². The second-order valence-corrected chi connectivity index (χ2v) is 6.38. The molecule has 1 aromatic heterocycles. The number of hydrogen-bond acceptors (Lipinski definition) is 4. The van der Waals surface area contributed by atoms with E-state index in [9.17, 15) is 23.6 Å². The van der Waals surface area contributed by atoms with E-state index in [0.717, 1.165) is 0 Å². The quantitative estimate of drug-likeness (QED) is 0.710. The second kappa shape index (κ2) is 8.77. The smallest absolute Gasteiger partial charge is 0.305 e. The molecule has 27 heavy (non-hydrogen) atoms. The molecular weight excluding hydrogens is 379 g/mol. The summed E-state index contributed by atoms with van der Waals surface area (Å²) in [4.78, 5) is 47.8. The van der Waals surface area contributed by atoms with Gasteiger partial charge in [-0.3, -0.25) is 19.2 Å². The maximum absolute atomic E-state index is 12.7. The van der Waals surface area contributed by atoms with Crippen molar-refractivity contribution in [2.45, 2.75) is 31.8 Å². The summed E-state index contributed by atoms with van der Waals surface area (Å²) in [5.74, 6) is -3.14. The Morgan fingerprint density at radius 2 is 2.00 bits per heavy atom. The van der Waals surface area contributed by atoms with Crippen LogP contribution < -0.4 is 10.9 Å². The number of aromatic nitrogens is 1. The Bertz CT molecular complexity index is 943. The zero-order valence-corrected chi connectivity index (χ0v) is 15.2. The Balaban J connectivity index is 2.37. The van der Waals surface area contributed by atoms with E-state index in [2.05, 4.69) is 5.32 Å². The van der Waals surface area contributed by atoms with Crippen LogP contribution in [0.5, 0.6) is 0 Å². The van der Waals surface area contributed by atoms with Crippen molar-refractivity contribution >= 4 is 40.0 Å². The molecule has 2 rings (SSSR count). The summed E-state index contributed by atoms with van der Waals surface area (Å²) in [6, 6.07) is 3.94. The number of Topliss-reactive ketones (excluding diaryl/α,β-unsaturated/α-hetero) is 1. The number of pyridine rings is 1. The minimum Gasteiger partial charge on any atom is -0.481 e. The maximum Gasteiger partial charge on any atom is 0.305 e. The van der Waals surface area contributed by atoms with Crippen LogP contribution in [0.25, 0.3) is 10.8 Å². The van der Waals surface area contributed by atoms with Crippen LogP contribution in [0.3, 0.4) is 0 Å². The van der Waals surface area contributed by atoms with E-state index >= 15 is 0 Å². The molecule has 7 nitrogen and oxygen atoms in total. The number of nitrogens with zero attached hydrogens (tertiary/aromatic N) is 1. The molecule has 2 aromatic rings. The summed E-state index contributed by atoms with van der Waals surface area (Å²) in [6.07, 6.45) is 0.893. The second-order valence-electron chi connectivity index (χ2n) is 5.94. The van der Waals surface area contributed by atoms with E-state index in [1.54, 1.807) is 25.1 Å². The molecule has 0 spiro atoms. The van der Waals surface area contributed by atoms with Crippen molar-refractivity contribution < 1.29 is 23.9 Å². The van der Waals surface area contributed by atoms with E-state index in [1.165, 1.54) is 16.8 Å². The Morgan fingerprint density at radius 3 is 2.59 bits per heavy atom. The van der Waals surface area contributed by atoms with E-state index in [4.69, 9.17) is 16.7 Å². The van der Waals surface area contributed by atoms with Crippen molar-refractivity contribution in [3.05, 3.63) is 45.8 Å². The summed E-state index contributed by atoms with van der Waals surface area (Å²) < 4.78 is 13.8. The van der Waals surface area contributed by atoms with Gasteiger partial charge in [-0.15, -0.1) is 0 Å². The number of aliphatic carboxylic acids is 1. The number of ketones is 1. The first-order chi connectivity index (χ1) is 12.8. The lowest BCUT2D eigenvalue weighted by molar-refractivity contribution is -0.140. The highest BCUT2D eigenvalue weighted by Crippen LogP contribution is 2.18. The molecule has 0 radical (unpaired) electrons. The summed E-state index contributed by atoms with van der Waals surface area (Å²) in [6.45, 7) is 0.255. The molecule has 0 aliphatic rings. The fraction of sp³-hybridized carbons (Fsp3) is 0.333. The third-order valence-corrected chi connectivity index (χ3v) is 4.37. The number of hydrogen-bond donors (Lipinski definition) is 2. The van der Waals surface area contributed by atoms with Crippen LogP contribution in [0.15, 0.2) is 35.3 Å². The topological polar surface area (TPSA) is 105 Å². The van der Waals surface area contributed by atoms with Gasteiger partial charge in [0.25, 0.3) is 5.56 Å². The van der Waals surface area contributed by atoms with Gasteiger partial charge in [0.15, 0.2) is 5.78 Å². The number of carbonyl (C=O) groups is 3. The molecule has 2 atom stereocenters. The first kappa shape index (κ1) is 20.6. The minimum atomic E-state index is -1.50. The summed E-state index contributed by atoms with van der Waals surface area (Å²) in [5, 5.41) is 12.4. The molecule has 1 aromatic carbocycles. The van der Waals surface area contributed by atoms with Crippen LogP contribution in [0.4, 0.5) is 4.39 Å². The minimum absolute atomic E-state index is 0.196. The Morgan fingerprint density at radius 1 is 1.30 bits per heavy atom. The Hall–Kier alpha value is -2.74. The van der Waals surface area contributed by atoms with Crippen molar-refractivity contribution in [2.75, 3.05) is 6.67 Å². The first-order valence-corrected chi connectivity index (χ1v) is 8.57. The number of amides is 1. The highest BCUT2D eigenvalue weighted by molar-refractivity contribution is 6.31. The summed E-state index contributed by atoms with van der Waals surface area (Å²) in [7, 11) is 0. The zero-order chi connectivity index (χ0) is 20.1. The van der Waals surface area contributed by atoms with Crippen molar-refractivity contribution in [1.82, 2.24) is 9.88 Å². The van der Waals surface area contributed by atoms with E-state index in [1.807, 2.05) is 0 Å². The van der Waals surface area contributed by atoms with Gasteiger partial charge in [0.2, 0.25) is 5.91 Å². The highest BCUT2D eigenvalue weighted by Gasteiger charge is 2.28. The lowest BCUT2D eigenvalue weighted by Crippen LogP contribution is -2.47. The van der Waals surface area contributed by atoms with Crippen molar-refractivity contribution in [3.63, 3.8) is 0 Å². The zero-order valence-electron chi connectivity index (χ0n) is 14.4. The predicted octanol–water partition coefficient (Wildman–Crippen LogP) is 2.10. The third-order valence-electron chi connectivity index (χ3n) is 4.14. The lowest BCUT2D eigenvalue weighted by Gasteiger charge is -2.21. The van der Waals surface area contributed by atoms with E-state index < -0.39 is 48.4 Å². The van der Waals surface area contributed by atoms with Crippen LogP contribution in [0.1, 0.15) is 25.8 Å². The fourth-order valence-electron chi connectivity index (χ4n) is 2.76. The number of rotatable bonds is 8. The molecule has 2 N–H and O–H groups in total. The molecule has 0 saturated heterocycles. The summed E-state index contributed by atoms with van der Waals surface area (Å²) >= 11 is 5.93. The SMILES string of the molecule is CC[C@@H](C(=O)NC(CC(=O)O)C(=O)CF)n1ccc2ccc(Cl)cc2c1=O. The van der Waals surface area contributed by atoms with Gasteiger partial charge in [-0.2, -0.15) is 0 Å². The molecule has 1 unspecified atom stereocenters. The highest BCUT2D eigenvalue weighted by atomic mass is 35.5. The molecule has 1 heterocycles. The number of carboxylic acid groups (broad SMARTS) is 1. The van der Waals surface area contributed by atoms with Gasteiger partial charge in [-0.1, -0.05) is 24.6 Å². The molecule has 1 amide bonds. The van der Waals surface area contributed by atoms with E-state index in [0.29, 0.717) is 15.8 Å². The summed E-state index contributed by atoms with van der Waals surface area (Å²) in [5.41, 5.74) is -0.455. The van der Waals surface area contributed by atoms with Crippen LogP contribution in [0.2, 0.25) is 5.02 Å². The van der Waals surface area contributed by atoms with Crippen molar-refractivity contribution in [1.29, 1.82) is 0 Å². The number of carboxylic acids is 1. The van der Waals surface area contributed by atoms with Crippen LogP contribution >= 0.6 is 11.6 Å². The van der Waals surface area contributed by atoms with Gasteiger partial charge >= 0.3 is 5.97 Å². The molecule has 0 saturated carbocycles. The van der Waals surface area contributed by atoms with Crippen LogP contribution in [-0.2, 0) is 14.4 Å². The molecule has 0 bridgehead atoms. The monoisotopic (exact) mass is 396 g/mol. The van der Waals surface area contributed by atoms with Gasteiger partial charge in [0, 0.05) is 16.6 Å². The number of nitrogens with one attached hydrogen (secondary N) is 1. The normalized spacial score (nSPS) is 13.1. The maximum atomic E-state index is 12.7. The van der Waals surface area contributed by atoms with Gasteiger partial charge in [0.05, 0.1) is 6.42 Å². The Kier molecular flexibility index (Phi) is 6.68. The van der Waals surface area contributed by atoms with Crippen LogP contribution in [-0.4, -0.2) is 40.0 Å². The molecule has 0 aliphatic heterocycles. The number of halogens is 2.